The van der Waals surface area contributed by atoms with Gasteiger partial charge >= 0.3 is 0 Å². The fourth-order valence-corrected chi connectivity index (χ4v) is 3.57. The molecule has 0 heterocycles. The summed E-state index contributed by atoms with van der Waals surface area (Å²) in [6, 6.07) is 8.76. The van der Waals surface area contributed by atoms with E-state index in [-0.39, 0.29) is 27.8 Å². The maximum Gasteiger partial charge on any atom is 0.255 e. The quantitative estimate of drug-likeness (QED) is 0.748. The smallest absolute Gasteiger partial charge is 0.255 e. The van der Waals surface area contributed by atoms with Crippen LogP contribution in [0.25, 0.3) is 0 Å². The van der Waals surface area contributed by atoms with Gasteiger partial charge in [0.1, 0.15) is 5.82 Å². The molecule has 0 bridgehead atoms. The Hall–Kier alpha value is -2.00. The summed E-state index contributed by atoms with van der Waals surface area (Å²) in [5.74, 6) is -1.24. The maximum atomic E-state index is 13.7. The van der Waals surface area contributed by atoms with E-state index in [1.54, 1.807) is 6.92 Å². The summed E-state index contributed by atoms with van der Waals surface area (Å²) >= 11 is 5.66. The van der Waals surface area contributed by atoms with Gasteiger partial charge in [-0.15, -0.1) is 0 Å². The van der Waals surface area contributed by atoms with Crippen LogP contribution in [0.15, 0.2) is 47.4 Å². The number of hydrogen-bond acceptors (Lipinski definition) is 4. The Labute approximate surface area is 156 Å². The minimum atomic E-state index is -3.73. The van der Waals surface area contributed by atoms with E-state index in [4.69, 9.17) is 16.3 Å². The van der Waals surface area contributed by atoms with Crippen LogP contribution in [0.1, 0.15) is 17.3 Å². The molecule has 0 aliphatic carbocycles. The molecular weight excluding hydrogens is 383 g/mol. The van der Waals surface area contributed by atoms with Crippen molar-refractivity contribution >= 4 is 33.2 Å². The number of methoxy groups -OCH3 is 1. The summed E-state index contributed by atoms with van der Waals surface area (Å²) in [4.78, 5) is 12.2. The molecule has 0 radical (unpaired) electrons. The minimum absolute atomic E-state index is 0.00896. The first-order valence-corrected chi connectivity index (χ1v) is 9.47. The van der Waals surface area contributed by atoms with E-state index in [0.717, 1.165) is 6.07 Å². The Morgan fingerprint density at radius 1 is 1.23 bits per heavy atom. The number of anilines is 1. The zero-order valence-electron chi connectivity index (χ0n) is 14.1. The highest BCUT2D eigenvalue weighted by Crippen LogP contribution is 2.20. The van der Waals surface area contributed by atoms with E-state index in [9.17, 15) is 17.6 Å². The molecule has 1 atom stereocenters. The summed E-state index contributed by atoms with van der Waals surface area (Å²) in [6.45, 7) is 1.90. The highest BCUT2D eigenvalue weighted by molar-refractivity contribution is 7.89. The zero-order chi connectivity index (χ0) is 19.3. The second kappa shape index (κ2) is 8.59. The standard InChI is InChI=1S/C17H18ClFN2O4S/c1-11(10-25-2)21-26(23,24)14-6-3-12(4-7-14)17(22)20-16-8-5-13(18)9-15(16)19/h3-9,11,21H,10H2,1-2H3,(H,20,22)/t11-/m0/s1. The van der Waals surface area contributed by atoms with Gasteiger partial charge in [0.25, 0.3) is 5.91 Å². The van der Waals surface area contributed by atoms with Crippen molar-refractivity contribution in [3.05, 3.63) is 58.9 Å². The van der Waals surface area contributed by atoms with E-state index < -0.39 is 27.8 Å². The topological polar surface area (TPSA) is 84.5 Å². The Morgan fingerprint density at radius 3 is 2.46 bits per heavy atom. The minimum Gasteiger partial charge on any atom is -0.383 e. The number of sulfonamides is 1. The van der Waals surface area contributed by atoms with Crippen LogP contribution < -0.4 is 10.0 Å². The predicted molar refractivity (Wildman–Crippen MR) is 97.5 cm³/mol. The molecule has 0 aromatic heterocycles. The lowest BCUT2D eigenvalue weighted by Gasteiger charge is -2.13. The molecule has 1 amide bonds. The van der Waals surface area contributed by atoms with Crippen LogP contribution in [-0.2, 0) is 14.8 Å². The first kappa shape index (κ1) is 20.3. The first-order chi connectivity index (χ1) is 12.2. The Balaban J connectivity index is 2.12. The molecule has 2 N–H and O–H groups in total. The lowest BCUT2D eigenvalue weighted by Crippen LogP contribution is -2.35. The summed E-state index contributed by atoms with van der Waals surface area (Å²) in [7, 11) is -2.26. The van der Waals surface area contributed by atoms with Gasteiger partial charge in [-0.05, 0) is 49.4 Å². The van der Waals surface area contributed by atoms with E-state index in [0.29, 0.717) is 0 Å². The van der Waals surface area contributed by atoms with Gasteiger partial charge in [0.15, 0.2) is 0 Å². The SMILES string of the molecule is COC[C@H](C)NS(=O)(=O)c1ccc(C(=O)Nc2ccc(Cl)cc2F)cc1. The second-order valence-corrected chi connectivity index (χ2v) is 7.73. The molecule has 9 heteroatoms. The molecule has 0 aliphatic heterocycles. The van der Waals surface area contributed by atoms with Crippen molar-refractivity contribution < 1.29 is 22.3 Å². The van der Waals surface area contributed by atoms with Crippen molar-refractivity contribution in [2.45, 2.75) is 17.9 Å². The van der Waals surface area contributed by atoms with Gasteiger partial charge in [0.2, 0.25) is 10.0 Å². The third-order valence-corrected chi connectivity index (χ3v) is 5.22. The van der Waals surface area contributed by atoms with Gasteiger partial charge < -0.3 is 10.1 Å². The molecule has 2 aromatic rings. The Morgan fingerprint density at radius 2 is 1.88 bits per heavy atom. The molecule has 0 saturated heterocycles. The van der Waals surface area contributed by atoms with E-state index >= 15 is 0 Å². The number of carbonyl (C=O) groups is 1. The Kier molecular flexibility index (Phi) is 6.71. The van der Waals surface area contributed by atoms with Crippen LogP contribution in [-0.4, -0.2) is 34.1 Å². The highest BCUT2D eigenvalue weighted by atomic mass is 35.5. The van der Waals surface area contributed by atoms with Gasteiger partial charge in [0, 0.05) is 23.7 Å². The fourth-order valence-electron chi connectivity index (χ4n) is 2.19. The van der Waals surface area contributed by atoms with Gasteiger partial charge in [-0.3, -0.25) is 4.79 Å². The monoisotopic (exact) mass is 400 g/mol. The van der Waals surface area contributed by atoms with Crippen LogP contribution >= 0.6 is 11.6 Å². The van der Waals surface area contributed by atoms with E-state index in [1.165, 1.54) is 43.5 Å². The number of nitrogens with one attached hydrogen (secondary N) is 2. The van der Waals surface area contributed by atoms with E-state index in [2.05, 4.69) is 10.0 Å². The van der Waals surface area contributed by atoms with Crippen molar-refractivity contribution in [3.63, 3.8) is 0 Å². The second-order valence-electron chi connectivity index (χ2n) is 5.58. The molecule has 2 aromatic carbocycles. The number of hydrogen-bond donors (Lipinski definition) is 2. The molecule has 0 saturated carbocycles. The molecule has 0 fully saturated rings. The Bertz CT molecular complexity index is 888. The highest BCUT2D eigenvalue weighted by Gasteiger charge is 2.18. The summed E-state index contributed by atoms with van der Waals surface area (Å²) in [5, 5.41) is 2.62. The molecule has 0 spiro atoms. The van der Waals surface area contributed by atoms with Crippen LogP contribution in [0.3, 0.4) is 0 Å². The molecule has 2 rings (SSSR count). The summed E-state index contributed by atoms with van der Waals surface area (Å²) in [6.07, 6.45) is 0. The molecule has 0 aliphatic rings. The number of amides is 1. The predicted octanol–water partition coefficient (Wildman–Crippen LogP) is 3.04. The molecule has 0 unspecified atom stereocenters. The van der Waals surface area contributed by atoms with Crippen LogP contribution in [0.2, 0.25) is 5.02 Å². The van der Waals surface area contributed by atoms with Crippen molar-refractivity contribution in [1.29, 1.82) is 0 Å². The third kappa shape index (κ3) is 5.25. The molecular formula is C17H18ClFN2O4S. The van der Waals surface area contributed by atoms with Crippen LogP contribution in [0.5, 0.6) is 0 Å². The van der Waals surface area contributed by atoms with Gasteiger partial charge in [-0.25, -0.2) is 17.5 Å². The lowest BCUT2D eigenvalue weighted by molar-refractivity contribution is 0.102. The third-order valence-electron chi connectivity index (χ3n) is 3.38. The van der Waals surface area contributed by atoms with Gasteiger partial charge in [0.05, 0.1) is 17.2 Å². The summed E-state index contributed by atoms with van der Waals surface area (Å²) in [5.41, 5.74) is 0.161. The van der Waals surface area contributed by atoms with Crippen molar-refractivity contribution in [2.24, 2.45) is 0 Å². The summed E-state index contributed by atoms with van der Waals surface area (Å²) < 4.78 is 45.6. The van der Waals surface area contributed by atoms with Crippen LogP contribution in [0, 0.1) is 5.82 Å². The maximum absolute atomic E-state index is 13.7. The largest absolute Gasteiger partial charge is 0.383 e. The van der Waals surface area contributed by atoms with Crippen LogP contribution in [0.4, 0.5) is 10.1 Å². The average Bonchev–Trinajstić information content (AvgIpc) is 2.57. The van der Waals surface area contributed by atoms with Gasteiger partial charge in [-0.2, -0.15) is 0 Å². The van der Waals surface area contributed by atoms with Crippen molar-refractivity contribution in [1.82, 2.24) is 4.72 Å². The number of benzene rings is 2. The number of rotatable bonds is 7. The number of ether oxygens (including phenoxy) is 1. The lowest BCUT2D eigenvalue weighted by atomic mass is 10.2. The van der Waals surface area contributed by atoms with E-state index in [1.807, 2.05) is 0 Å². The molecule has 140 valence electrons. The molecule has 26 heavy (non-hydrogen) atoms. The normalized spacial score (nSPS) is 12.6. The fraction of sp³-hybridized carbons (Fsp3) is 0.235. The number of halogens is 2. The average molecular weight is 401 g/mol. The first-order valence-electron chi connectivity index (χ1n) is 7.60. The van der Waals surface area contributed by atoms with Crippen molar-refractivity contribution in [3.8, 4) is 0 Å². The zero-order valence-corrected chi connectivity index (χ0v) is 15.7. The molecule has 6 nitrogen and oxygen atoms in total. The van der Waals surface area contributed by atoms with Crippen molar-refractivity contribution in [2.75, 3.05) is 19.0 Å². The van der Waals surface area contributed by atoms with Gasteiger partial charge in [-0.1, -0.05) is 11.6 Å². The number of carbonyl (C=O) groups excluding carboxylic acids is 1.